The number of nitriles is 1. The Morgan fingerprint density at radius 3 is 2.39 bits per heavy atom. The van der Waals surface area contributed by atoms with E-state index in [2.05, 4.69) is 16.0 Å². The molecule has 0 amide bonds. The van der Waals surface area contributed by atoms with Gasteiger partial charge in [-0.15, -0.1) is 0 Å². The van der Waals surface area contributed by atoms with Crippen LogP contribution in [0.1, 0.15) is 5.56 Å². The van der Waals surface area contributed by atoms with Gasteiger partial charge in [0.2, 0.25) is 0 Å². The fraction of sp³-hybridized carbons (Fsp3) is 0.118. The van der Waals surface area contributed by atoms with Gasteiger partial charge in [-0.1, -0.05) is 6.07 Å². The van der Waals surface area contributed by atoms with Crippen LogP contribution >= 0.6 is 0 Å². The highest BCUT2D eigenvalue weighted by Crippen LogP contribution is 2.36. The smallest absolute Gasteiger partial charge is 0.173 e. The third-order valence-corrected chi connectivity index (χ3v) is 3.50. The summed E-state index contributed by atoms with van der Waals surface area (Å²) < 4.78 is 25.0. The molecule has 0 saturated heterocycles. The van der Waals surface area contributed by atoms with E-state index in [4.69, 9.17) is 9.47 Å². The van der Waals surface area contributed by atoms with Crippen LogP contribution in [0.15, 0.2) is 36.7 Å². The van der Waals surface area contributed by atoms with Gasteiger partial charge in [-0.05, 0) is 12.1 Å². The molecule has 0 aliphatic heterocycles. The van der Waals surface area contributed by atoms with Crippen molar-refractivity contribution in [3.8, 4) is 28.7 Å². The van der Waals surface area contributed by atoms with Crippen molar-refractivity contribution in [2.45, 2.75) is 0 Å². The summed E-state index contributed by atoms with van der Waals surface area (Å²) in [6.07, 6.45) is 3.00. The summed E-state index contributed by atoms with van der Waals surface area (Å²) in [7, 11) is 2.88. The van der Waals surface area contributed by atoms with Crippen LogP contribution in [-0.2, 0) is 0 Å². The minimum absolute atomic E-state index is 0.0701. The number of benzene rings is 2. The number of halogens is 1. The second-order valence-corrected chi connectivity index (χ2v) is 4.72. The van der Waals surface area contributed by atoms with Gasteiger partial charge in [-0.25, -0.2) is 4.39 Å². The van der Waals surface area contributed by atoms with Crippen molar-refractivity contribution < 1.29 is 13.9 Å². The van der Waals surface area contributed by atoms with Crippen molar-refractivity contribution in [1.82, 2.24) is 9.97 Å². The summed E-state index contributed by atoms with van der Waals surface area (Å²) in [5, 5.41) is 9.18. The number of hydrogen-bond donors (Lipinski definition) is 0. The lowest BCUT2D eigenvalue weighted by atomic mass is 10.00. The number of nitrogens with zero attached hydrogens (tertiary/aromatic N) is 3. The molecule has 0 bridgehead atoms. The first-order chi connectivity index (χ1) is 11.2. The molecule has 0 atom stereocenters. The number of methoxy groups -OCH3 is 2. The van der Waals surface area contributed by atoms with Crippen LogP contribution in [0.3, 0.4) is 0 Å². The van der Waals surface area contributed by atoms with E-state index in [0.717, 1.165) is 0 Å². The molecule has 2 aromatic carbocycles. The monoisotopic (exact) mass is 309 g/mol. The molecule has 0 saturated carbocycles. The van der Waals surface area contributed by atoms with Crippen LogP contribution in [-0.4, -0.2) is 24.2 Å². The van der Waals surface area contributed by atoms with E-state index < -0.39 is 5.82 Å². The van der Waals surface area contributed by atoms with Crippen molar-refractivity contribution in [3.05, 3.63) is 48.0 Å². The molecule has 0 aliphatic rings. The van der Waals surface area contributed by atoms with Gasteiger partial charge >= 0.3 is 0 Å². The average Bonchev–Trinajstić information content (AvgIpc) is 2.61. The topological polar surface area (TPSA) is 68.0 Å². The van der Waals surface area contributed by atoms with Gasteiger partial charge in [0.05, 0.1) is 25.3 Å². The molecule has 0 unspecified atom stereocenters. The first-order valence-corrected chi connectivity index (χ1v) is 6.75. The van der Waals surface area contributed by atoms with Crippen molar-refractivity contribution in [2.24, 2.45) is 0 Å². The van der Waals surface area contributed by atoms with E-state index in [-0.39, 0.29) is 11.3 Å². The highest BCUT2D eigenvalue weighted by atomic mass is 19.1. The second-order valence-electron chi connectivity index (χ2n) is 4.72. The minimum Gasteiger partial charge on any atom is -0.497 e. The maximum atomic E-state index is 14.7. The third kappa shape index (κ3) is 2.42. The summed E-state index contributed by atoms with van der Waals surface area (Å²) >= 11 is 0. The zero-order chi connectivity index (χ0) is 16.4. The normalized spacial score (nSPS) is 10.3. The maximum Gasteiger partial charge on any atom is 0.173 e. The molecule has 114 valence electrons. The van der Waals surface area contributed by atoms with Crippen molar-refractivity contribution >= 4 is 11.0 Å². The molecule has 23 heavy (non-hydrogen) atoms. The lowest BCUT2D eigenvalue weighted by Gasteiger charge is -2.12. The molecule has 0 spiro atoms. The molecule has 6 heteroatoms. The van der Waals surface area contributed by atoms with Crippen LogP contribution < -0.4 is 9.47 Å². The number of aromatic nitrogens is 2. The Labute approximate surface area is 131 Å². The second kappa shape index (κ2) is 5.89. The number of ether oxygens (including phenoxy) is 2. The molecular weight excluding hydrogens is 297 g/mol. The largest absolute Gasteiger partial charge is 0.497 e. The highest BCUT2D eigenvalue weighted by molar-refractivity contribution is 5.95. The number of rotatable bonds is 3. The van der Waals surface area contributed by atoms with Crippen LogP contribution in [0.2, 0.25) is 0 Å². The molecule has 0 fully saturated rings. The van der Waals surface area contributed by atoms with Crippen molar-refractivity contribution in [1.29, 1.82) is 5.26 Å². The van der Waals surface area contributed by atoms with Gasteiger partial charge in [0.25, 0.3) is 0 Å². The van der Waals surface area contributed by atoms with Crippen LogP contribution in [0.5, 0.6) is 11.5 Å². The Morgan fingerprint density at radius 2 is 1.74 bits per heavy atom. The predicted molar refractivity (Wildman–Crippen MR) is 82.8 cm³/mol. The lowest BCUT2D eigenvalue weighted by Crippen LogP contribution is -1.96. The zero-order valence-electron chi connectivity index (χ0n) is 12.5. The molecule has 5 nitrogen and oxygen atoms in total. The summed E-state index contributed by atoms with van der Waals surface area (Å²) in [6, 6.07) is 8.33. The Morgan fingerprint density at radius 1 is 1.00 bits per heavy atom. The SMILES string of the molecule is COc1cc(OC)c(F)c(-c2ccc(C#N)c3nccnc23)c1. The zero-order valence-corrected chi connectivity index (χ0v) is 12.5. The van der Waals surface area contributed by atoms with Gasteiger partial charge in [0.1, 0.15) is 17.3 Å². The van der Waals surface area contributed by atoms with Crippen LogP contribution in [0.25, 0.3) is 22.2 Å². The Hall–Kier alpha value is -3.20. The van der Waals surface area contributed by atoms with Gasteiger partial charge in [-0.3, -0.25) is 9.97 Å². The first-order valence-electron chi connectivity index (χ1n) is 6.75. The van der Waals surface area contributed by atoms with E-state index >= 15 is 0 Å². The fourth-order valence-corrected chi connectivity index (χ4v) is 2.40. The highest BCUT2D eigenvalue weighted by Gasteiger charge is 2.18. The van der Waals surface area contributed by atoms with E-state index in [9.17, 15) is 9.65 Å². The number of fused-ring (bicyclic) bond motifs is 1. The maximum absolute atomic E-state index is 14.7. The van der Waals surface area contributed by atoms with Gasteiger partial charge in [0.15, 0.2) is 11.6 Å². The summed E-state index contributed by atoms with van der Waals surface area (Å²) in [5.74, 6) is 0.00496. The standard InChI is InChI=1S/C17H12FN3O2/c1-22-11-7-13(15(18)14(8-11)23-2)12-4-3-10(9-19)16-17(12)21-6-5-20-16/h3-8H,1-2H3. The molecular formula is C17H12FN3O2. The van der Waals surface area contributed by atoms with Crippen LogP contribution in [0.4, 0.5) is 4.39 Å². The Bertz CT molecular complexity index is 935. The third-order valence-electron chi connectivity index (χ3n) is 3.50. The molecule has 3 rings (SSSR count). The molecule has 0 aliphatic carbocycles. The van der Waals surface area contributed by atoms with Gasteiger partial charge in [0, 0.05) is 29.6 Å². The molecule has 0 N–H and O–H groups in total. The minimum atomic E-state index is -0.523. The molecule has 0 radical (unpaired) electrons. The summed E-state index contributed by atoms with van der Waals surface area (Å²) in [6.45, 7) is 0. The first kappa shape index (κ1) is 14.7. The fourth-order valence-electron chi connectivity index (χ4n) is 2.40. The Balaban J connectivity index is 2.36. The molecule has 1 aromatic heterocycles. The van der Waals surface area contributed by atoms with Crippen LogP contribution in [0, 0.1) is 17.1 Å². The van der Waals surface area contributed by atoms with E-state index in [0.29, 0.717) is 27.9 Å². The van der Waals surface area contributed by atoms with Gasteiger partial charge in [-0.2, -0.15) is 5.26 Å². The van der Waals surface area contributed by atoms with Crippen molar-refractivity contribution in [2.75, 3.05) is 14.2 Å². The average molecular weight is 309 g/mol. The molecule has 1 heterocycles. The quantitative estimate of drug-likeness (QED) is 0.742. The number of hydrogen-bond acceptors (Lipinski definition) is 5. The van der Waals surface area contributed by atoms with Gasteiger partial charge < -0.3 is 9.47 Å². The van der Waals surface area contributed by atoms with Crippen molar-refractivity contribution in [3.63, 3.8) is 0 Å². The predicted octanol–water partition coefficient (Wildman–Crippen LogP) is 3.32. The summed E-state index contributed by atoms with van der Waals surface area (Å²) in [5.41, 5.74) is 2.04. The summed E-state index contributed by atoms with van der Waals surface area (Å²) in [4.78, 5) is 8.44. The molecule has 3 aromatic rings. The van der Waals surface area contributed by atoms with E-state index in [1.165, 1.54) is 32.7 Å². The van der Waals surface area contributed by atoms with E-state index in [1.54, 1.807) is 18.2 Å². The van der Waals surface area contributed by atoms with E-state index in [1.807, 2.05) is 0 Å². The lowest BCUT2D eigenvalue weighted by molar-refractivity contribution is 0.375. The Kier molecular flexibility index (Phi) is 3.77.